The first-order valence-corrected chi connectivity index (χ1v) is 18.3. The molecule has 1 aromatic heterocycles. The number of benzene rings is 9. The SMILES string of the molecule is c1ccc(-c2nc3c(ccc4cc(-c5ccc(-c6ccc(N(c7ccccc7)c7ccc(-c8cccc9ccccc89)cc7)cc6)cc5)ccc43)o2)cc1. The molecule has 0 unspecified atom stereocenters. The van der Waals surface area contributed by atoms with Gasteiger partial charge in [-0.1, -0.05) is 146 Å². The number of hydrogen-bond donors (Lipinski definition) is 0. The van der Waals surface area contributed by atoms with Crippen LogP contribution < -0.4 is 4.90 Å². The van der Waals surface area contributed by atoms with Gasteiger partial charge in [-0.15, -0.1) is 0 Å². The summed E-state index contributed by atoms with van der Waals surface area (Å²) in [6, 6.07) is 73.0. The van der Waals surface area contributed by atoms with Gasteiger partial charge in [-0.05, 0) is 110 Å². The first-order chi connectivity index (χ1) is 26.7. The van der Waals surface area contributed by atoms with E-state index in [9.17, 15) is 0 Å². The number of rotatable bonds is 7. The summed E-state index contributed by atoms with van der Waals surface area (Å²) >= 11 is 0. The minimum atomic E-state index is 0.644. The van der Waals surface area contributed by atoms with Crippen molar-refractivity contribution in [1.82, 2.24) is 4.98 Å². The van der Waals surface area contributed by atoms with Crippen LogP contribution in [0.25, 0.3) is 77.5 Å². The molecular formula is C51H34N2O. The number of anilines is 3. The van der Waals surface area contributed by atoms with Gasteiger partial charge in [-0.25, -0.2) is 4.98 Å². The van der Waals surface area contributed by atoms with Gasteiger partial charge in [0.15, 0.2) is 5.58 Å². The van der Waals surface area contributed by atoms with Crippen molar-refractivity contribution < 1.29 is 4.42 Å². The minimum absolute atomic E-state index is 0.644. The van der Waals surface area contributed by atoms with Gasteiger partial charge >= 0.3 is 0 Å². The Balaban J connectivity index is 0.919. The predicted octanol–water partition coefficient (Wildman–Crippen LogP) is 14.3. The fraction of sp³-hybridized carbons (Fsp3) is 0. The summed E-state index contributed by atoms with van der Waals surface area (Å²) in [4.78, 5) is 7.18. The highest BCUT2D eigenvalue weighted by atomic mass is 16.3. The molecule has 9 aromatic carbocycles. The normalized spacial score (nSPS) is 11.3. The molecule has 0 N–H and O–H groups in total. The van der Waals surface area contributed by atoms with Crippen LogP contribution in [0.3, 0.4) is 0 Å². The number of para-hydroxylation sites is 1. The monoisotopic (exact) mass is 690 g/mol. The van der Waals surface area contributed by atoms with E-state index in [-0.39, 0.29) is 0 Å². The second-order valence-corrected chi connectivity index (χ2v) is 13.6. The molecule has 254 valence electrons. The Morgan fingerprint density at radius 2 is 0.907 bits per heavy atom. The van der Waals surface area contributed by atoms with Gasteiger partial charge in [0, 0.05) is 28.0 Å². The molecule has 0 radical (unpaired) electrons. The van der Waals surface area contributed by atoms with Crippen LogP contribution in [0.15, 0.2) is 211 Å². The quantitative estimate of drug-likeness (QED) is 0.167. The Kier molecular flexibility index (Phi) is 7.81. The van der Waals surface area contributed by atoms with E-state index in [4.69, 9.17) is 9.40 Å². The molecule has 0 aliphatic rings. The van der Waals surface area contributed by atoms with Gasteiger partial charge in [0.25, 0.3) is 0 Å². The lowest BCUT2D eigenvalue weighted by Crippen LogP contribution is -2.09. The van der Waals surface area contributed by atoms with Gasteiger partial charge in [-0.3, -0.25) is 0 Å². The molecule has 10 aromatic rings. The first-order valence-electron chi connectivity index (χ1n) is 18.3. The maximum Gasteiger partial charge on any atom is 0.227 e. The molecule has 0 spiro atoms. The van der Waals surface area contributed by atoms with E-state index in [1.807, 2.05) is 36.4 Å². The van der Waals surface area contributed by atoms with E-state index in [1.165, 1.54) is 44.2 Å². The molecule has 3 nitrogen and oxygen atoms in total. The highest BCUT2D eigenvalue weighted by Crippen LogP contribution is 2.38. The fourth-order valence-electron chi connectivity index (χ4n) is 7.55. The zero-order chi connectivity index (χ0) is 35.8. The molecule has 0 saturated heterocycles. The van der Waals surface area contributed by atoms with Crippen LogP contribution in [0.2, 0.25) is 0 Å². The zero-order valence-electron chi connectivity index (χ0n) is 29.4. The highest BCUT2D eigenvalue weighted by molar-refractivity contribution is 6.05. The lowest BCUT2D eigenvalue weighted by atomic mass is 9.97. The van der Waals surface area contributed by atoms with Gasteiger partial charge in [0.05, 0.1) is 0 Å². The summed E-state index contributed by atoms with van der Waals surface area (Å²) in [5, 5.41) is 4.74. The van der Waals surface area contributed by atoms with E-state index < -0.39 is 0 Å². The molecule has 0 amide bonds. The summed E-state index contributed by atoms with van der Waals surface area (Å²) in [6.45, 7) is 0. The second kappa shape index (κ2) is 13.4. The van der Waals surface area contributed by atoms with E-state index in [2.05, 4.69) is 175 Å². The number of oxazole rings is 1. The minimum Gasteiger partial charge on any atom is -0.436 e. The van der Waals surface area contributed by atoms with Crippen molar-refractivity contribution in [2.75, 3.05) is 4.90 Å². The van der Waals surface area contributed by atoms with Crippen LogP contribution in [0, 0.1) is 0 Å². The van der Waals surface area contributed by atoms with E-state index in [0.29, 0.717) is 5.89 Å². The van der Waals surface area contributed by atoms with Crippen LogP contribution in [-0.2, 0) is 0 Å². The van der Waals surface area contributed by atoms with E-state index in [1.54, 1.807) is 0 Å². The fourth-order valence-corrected chi connectivity index (χ4v) is 7.55. The molecule has 0 fully saturated rings. The maximum atomic E-state index is 6.12. The number of aromatic nitrogens is 1. The third kappa shape index (κ3) is 5.78. The second-order valence-electron chi connectivity index (χ2n) is 13.6. The van der Waals surface area contributed by atoms with Crippen molar-refractivity contribution in [3.63, 3.8) is 0 Å². The molecule has 0 aliphatic carbocycles. The average Bonchev–Trinajstić information content (AvgIpc) is 3.70. The number of nitrogens with zero attached hydrogens (tertiary/aromatic N) is 2. The largest absolute Gasteiger partial charge is 0.436 e. The van der Waals surface area contributed by atoms with Gasteiger partial charge in [0.1, 0.15) is 5.52 Å². The third-order valence-electron chi connectivity index (χ3n) is 10.3. The summed E-state index contributed by atoms with van der Waals surface area (Å²) < 4.78 is 6.12. The topological polar surface area (TPSA) is 29.3 Å². The summed E-state index contributed by atoms with van der Waals surface area (Å²) in [7, 11) is 0. The Bertz CT molecular complexity index is 2890. The van der Waals surface area contributed by atoms with Crippen molar-refractivity contribution in [3.8, 4) is 44.8 Å². The molecule has 10 rings (SSSR count). The summed E-state index contributed by atoms with van der Waals surface area (Å²) in [6.07, 6.45) is 0. The Hall–Kier alpha value is -7.23. The Morgan fingerprint density at radius 3 is 1.63 bits per heavy atom. The predicted molar refractivity (Wildman–Crippen MR) is 225 cm³/mol. The first kappa shape index (κ1) is 31.5. The van der Waals surface area contributed by atoms with Crippen molar-refractivity contribution in [2.45, 2.75) is 0 Å². The summed E-state index contributed by atoms with van der Waals surface area (Å²) in [5.74, 6) is 0.644. The number of fused-ring (bicyclic) bond motifs is 4. The van der Waals surface area contributed by atoms with E-state index in [0.717, 1.165) is 44.5 Å². The lowest BCUT2D eigenvalue weighted by molar-refractivity contribution is 0.620. The summed E-state index contributed by atoms with van der Waals surface area (Å²) in [5.41, 5.74) is 13.1. The van der Waals surface area contributed by atoms with Gasteiger partial charge in [0.2, 0.25) is 5.89 Å². The highest BCUT2D eigenvalue weighted by Gasteiger charge is 2.15. The molecule has 3 heteroatoms. The molecule has 0 bridgehead atoms. The smallest absolute Gasteiger partial charge is 0.227 e. The van der Waals surface area contributed by atoms with Gasteiger partial charge in [-0.2, -0.15) is 0 Å². The third-order valence-corrected chi connectivity index (χ3v) is 10.3. The van der Waals surface area contributed by atoms with Crippen molar-refractivity contribution in [1.29, 1.82) is 0 Å². The van der Waals surface area contributed by atoms with Crippen molar-refractivity contribution >= 4 is 49.7 Å². The van der Waals surface area contributed by atoms with Crippen molar-refractivity contribution in [2.24, 2.45) is 0 Å². The molecule has 0 atom stereocenters. The van der Waals surface area contributed by atoms with Crippen LogP contribution in [0.4, 0.5) is 17.1 Å². The molecular weight excluding hydrogens is 657 g/mol. The average molecular weight is 691 g/mol. The van der Waals surface area contributed by atoms with Crippen LogP contribution in [0.1, 0.15) is 0 Å². The van der Waals surface area contributed by atoms with Crippen LogP contribution >= 0.6 is 0 Å². The standard InChI is InChI=1S/C51H34N2O/c1-3-11-40(12-4-1)51-52-50-48-32-26-41(34-42(48)27-33-49(50)54-51)37-20-18-35(19-21-37)36-22-28-44(29-23-36)53(43-14-5-2-6-15-43)45-30-24-39(25-31-45)47-17-9-13-38-10-7-8-16-46(38)47/h1-34H. The number of hydrogen-bond acceptors (Lipinski definition) is 3. The molecule has 54 heavy (non-hydrogen) atoms. The van der Waals surface area contributed by atoms with Crippen molar-refractivity contribution in [3.05, 3.63) is 206 Å². The van der Waals surface area contributed by atoms with Gasteiger partial charge < -0.3 is 9.32 Å². The van der Waals surface area contributed by atoms with Crippen LogP contribution in [0.5, 0.6) is 0 Å². The van der Waals surface area contributed by atoms with Crippen LogP contribution in [-0.4, -0.2) is 4.98 Å². The Morgan fingerprint density at radius 1 is 0.352 bits per heavy atom. The van der Waals surface area contributed by atoms with E-state index >= 15 is 0 Å². The lowest BCUT2D eigenvalue weighted by Gasteiger charge is -2.26. The molecule has 0 saturated carbocycles. The maximum absolute atomic E-state index is 6.12. The molecule has 0 aliphatic heterocycles. The Labute approximate surface area is 314 Å². The zero-order valence-corrected chi connectivity index (χ0v) is 29.4. The molecule has 1 heterocycles.